The van der Waals surface area contributed by atoms with Crippen molar-refractivity contribution in [2.45, 2.75) is 45.6 Å². The van der Waals surface area contributed by atoms with Gasteiger partial charge in [-0.3, -0.25) is 9.69 Å². The van der Waals surface area contributed by atoms with E-state index in [4.69, 9.17) is 33.7 Å². The Balaban J connectivity index is 1.62. The summed E-state index contributed by atoms with van der Waals surface area (Å²) in [7, 11) is 0. The van der Waals surface area contributed by atoms with Crippen LogP contribution in [0.3, 0.4) is 0 Å². The molecule has 1 atom stereocenters. The third-order valence-electron chi connectivity index (χ3n) is 7.22. The zero-order valence-electron chi connectivity index (χ0n) is 21.2. The van der Waals surface area contributed by atoms with E-state index in [-0.39, 0.29) is 5.78 Å². The Bertz CT molecular complexity index is 1530. The molecule has 1 unspecified atom stereocenters. The van der Waals surface area contributed by atoms with Crippen molar-refractivity contribution in [2.24, 2.45) is 5.73 Å². The summed E-state index contributed by atoms with van der Waals surface area (Å²) in [6, 6.07) is 21.0. The van der Waals surface area contributed by atoms with Crippen LogP contribution >= 0.6 is 23.2 Å². The molecule has 0 bridgehead atoms. The molecule has 3 aromatic carbocycles. The molecule has 5 rings (SSSR count). The number of nitrogens with zero attached hydrogens (tertiary/aromatic N) is 2. The van der Waals surface area contributed by atoms with E-state index in [1.165, 1.54) is 0 Å². The molecule has 0 spiro atoms. The fourth-order valence-corrected chi connectivity index (χ4v) is 5.69. The van der Waals surface area contributed by atoms with Crippen LogP contribution in [0.4, 0.5) is 5.69 Å². The number of nitriles is 1. The summed E-state index contributed by atoms with van der Waals surface area (Å²) >= 11 is 12.3. The molecule has 2 N–H and O–H groups in total. The van der Waals surface area contributed by atoms with E-state index in [1.54, 1.807) is 24.3 Å². The zero-order chi connectivity index (χ0) is 27.0. The van der Waals surface area contributed by atoms with Crippen molar-refractivity contribution in [3.8, 4) is 11.8 Å². The number of hydrogen-bond acceptors (Lipinski definition) is 5. The predicted octanol–water partition coefficient (Wildman–Crippen LogP) is 7.49. The largest absolute Gasteiger partial charge is 0.489 e. The summed E-state index contributed by atoms with van der Waals surface area (Å²) in [6.07, 6.45) is 1.85. The molecular formula is C31H27Cl2N3O2. The molecule has 1 heterocycles. The van der Waals surface area contributed by atoms with Crippen LogP contribution in [0.1, 0.15) is 47.4 Å². The van der Waals surface area contributed by atoms with Gasteiger partial charge >= 0.3 is 0 Å². The van der Waals surface area contributed by atoms with Crippen LogP contribution in [0.5, 0.6) is 5.75 Å². The highest BCUT2D eigenvalue weighted by molar-refractivity contribution is 6.31. The molecule has 0 radical (unpaired) electrons. The minimum atomic E-state index is -0.548. The maximum Gasteiger partial charge on any atom is 0.161 e. The van der Waals surface area contributed by atoms with Crippen molar-refractivity contribution in [2.75, 3.05) is 4.90 Å². The van der Waals surface area contributed by atoms with E-state index < -0.39 is 5.92 Å². The van der Waals surface area contributed by atoms with Gasteiger partial charge in [0, 0.05) is 33.4 Å². The Hall–Kier alpha value is -3.72. The lowest BCUT2D eigenvalue weighted by Crippen LogP contribution is -2.39. The van der Waals surface area contributed by atoms with Crippen LogP contribution in [0.15, 0.2) is 83.3 Å². The number of ether oxygens (including phenoxy) is 1. The van der Waals surface area contributed by atoms with E-state index in [2.05, 4.69) is 18.2 Å². The number of anilines is 1. The molecule has 192 valence electrons. The number of nitrogens with two attached hydrogens (primary N) is 1. The lowest BCUT2D eigenvalue weighted by atomic mass is 9.74. The Labute approximate surface area is 232 Å². The second-order valence-corrected chi connectivity index (χ2v) is 10.5. The average molecular weight is 544 g/mol. The predicted molar refractivity (Wildman–Crippen MR) is 151 cm³/mol. The number of Topliss-reactive ketones (excluding diaryl/α,β-unsaturated/α-hetero) is 1. The maximum absolute atomic E-state index is 13.5. The summed E-state index contributed by atoms with van der Waals surface area (Å²) < 4.78 is 6.04. The Morgan fingerprint density at radius 2 is 1.79 bits per heavy atom. The number of aryl methyl sites for hydroxylation is 2. The van der Waals surface area contributed by atoms with E-state index in [0.29, 0.717) is 52.2 Å². The second kappa shape index (κ2) is 10.6. The van der Waals surface area contributed by atoms with Crippen LogP contribution in [0, 0.1) is 25.2 Å². The first-order chi connectivity index (χ1) is 18.3. The van der Waals surface area contributed by atoms with Crippen molar-refractivity contribution in [1.29, 1.82) is 5.26 Å². The highest BCUT2D eigenvalue weighted by Crippen LogP contribution is 2.47. The van der Waals surface area contributed by atoms with E-state index in [0.717, 1.165) is 40.1 Å². The first kappa shape index (κ1) is 25.9. The molecule has 0 saturated carbocycles. The van der Waals surface area contributed by atoms with Gasteiger partial charge in [-0.05, 0) is 91.4 Å². The first-order valence-electron chi connectivity index (χ1n) is 12.5. The van der Waals surface area contributed by atoms with Crippen LogP contribution in [0.25, 0.3) is 0 Å². The van der Waals surface area contributed by atoms with Crippen LogP contribution < -0.4 is 15.4 Å². The van der Waals surface area contributed by atoms with Crippen molar-refractivity contribution >= 4 is 34.7 Å². The second-order valence-electron chi connectivity index (χ2n) is 9.67. The fraction of sp³-hybridized carbons (Fsp3) is 0.226. The minimum Gasteiger partial charge on any atom is -0.489 e. The van der Waals surface area contributed by atoms with Gasteiger partial charge in [-0.1, -0.05) is 41.4 Å². The molecule has 0 amide bonds. The third-order valence-corrected chi connectivity index (χ3v) is 7.71. The van der Waals surface area contributed by atoms with Gasteiger partial charge < -0.3 is 10.5 Å². The van der Waals surface area contributed by atoms with Crippen molar-refractivity contribution in [3.63, 3.8) is 0 Å². The molecule has 7 heteroatoms. The highest BCUT2D eigenvalue weighted by atomic mass is 35.5. The number of carbonyl (C=O) groups is 1. The molecular weight excluding hydrogens is 517 g/mol. The highest BCUT2D eigenvalue weighted by Gasteiger charge is 2.41. The first-order valence-corrected chi connectivity index (χ1v) is 13.2. The van der Waals surface area contributed by atoms with Gasteiger partial charge in [0.15, 0.2) is 5.78 Å². The quantitative estimate of drug-likeness (QED) is 0.360. The number of carbonyl (C=O) groups excluding carboxylic acids is 1. The summed E-state index contributed by atoms with van der Waals surface area (Å²) in [4.78, 5) is 15.3. The van der Waals surface area contributed by atoms with Gasteiger partial charge in [-0.2, -0.15) is 5.26 Å². The summed E-state index contributed by atoms with van der Waals surface area (Å²) in [5, 5.41) is 11.6. The minimum absolute atomic E-state index is 0.0440. The summed E-state index contributed by atoms with van der Waals surface area (Å²) in [5.41, 5.74) is 13.2. The number of rotatable bonds is 5. The Morgan fingerprint density at radius 3 is 2.50 bits per heavy atom. The fourth-order valence-electron chi connectivity index (χ4n) is 5.38. The van der Waals surface area contributed by atoms with Gasteiger partial charge in [0.2, 0.25) is 0 Å². The molecule has 5 nitrogen and oxygen atoms in total. The molecule has 3 aromatic rings. The molecule has 0 saturated heterocycles. The van der Waals surface area contributed by atoms with Gasteiger partial charge in [-0.15, -0.1) is 0 Å². The molecule has 2 aliphatic rings. The lowest BCUT2D eigenvalue weighted by molar-refractivity contribution is -0.116. The molecule has 38 heavy (non-hydrogen) atoms. The Morgan fingerprint density at radius 1 is 1.03 bits per heavy atom. The van der Waals surface area contributed by atoms with Gasteiger partial charge in [0.05, 0.1) is 17.6 Å². The summed E-state index contributed by atoms with van der Waals surface area (Å²) in [5.74, 6) is 0.530. The van der Waals surface area contributed by atoms with Crippen molar-refractivity contribution in [3.05, 3.63) is 116 Å². The number of benzene rings is 3. The Kier molecular flexibility index (Phi) is 7.21. The van der Waals surface area contributed by atoms with Crippen molar-refractivity contribution < 1.29 is 9.53 Å². The van der Waals surface area contributed by atoms with Gasteiger partial charge in [0.25, 0.3) is 0 Å². The van der Waals surface area contributed by atoms with E-state index in [9.17, 15) is 10.1 Å². The molecule has 1 aliphatic heterocycles. The van der Waals surface area contributed by atoms with Gasteiger partial charge in [0.1, 0.15) is 18.2 Å². The normalized spacial score (nSPS) is 17.4. The number of halogens is 2. The van der Waals surface area contributed by atoms with Crippen molar-refractivity contribution in [1.82, 2.24) is 0 Å². The van der Waals surface area contributed by atoms with Gasteiger partial charge in [-0.25, -0.2) is 0 Å². The maximum atomic E-state index is 13.5. The smallest absolute Gasteiger partial charge is 0.161 e. The molecule has 0 aromatic heterocycles. The van der Waals surface area contributed by atoms with E-state index in [1.807, 2.05) is 43.0 Å². The monoisotopic (exact) mass is 543 g/mol. The SMILES string of the molecule is Cc1cc(C)c(C2C(C#N)=C(N)N(c3cccc(Cl)c3)C3=C2C(=O)CCC3)cc1COc1ccc(Cl)cc1. The molecule has 0 fully saturated rings. The van der Waals surface area contributed by atoms with Crippen LogP contribution in [-0.4, -0.2) is 5.78 Å². The number of allylic oxidation sites excluding steroid dienone is 3. The number of ketones is 1. The summed E-state index contributed by atoms with van der Waals surface area (Å²) in [6.45, 7) is 4.38. The standard InChI is InChI=1S/C31H27Cl2N3O2/c1-18-13-19(2)25(14-20(18)17-38-24-11-9-21(32)10-12-24)29-26(16-34)31(35)36(23-6-3-5-22(33)15-23)27-7-4-8-28(37)30(27)29/h3,5-6,9-15,29H,4,7-8,17,35H2,1-2H3. The lowest BCUT2D eigenvalue weighted by Gasteiger charge is -2.40. The zero-order valence-corrected chi connectivity index (χ0v) is 22.7. The van der Waals surface area contributed by atoms with E-state index >= 15 is 0 Å². The topological polar surface area (TPSA) is 79.4 Å². The average Bonchev–Trinajstić information content (AvgIpc) is 2.89. The van der Waals surface area contributed by atoms with Crippen LogP contribution in [0.2, 0.25) is 10.0 Å². The third kappa shape index (κ3) is 4.78. The molecule has 1 aliphatic carbocycles. The van der Waals surface area contributed by atoms with Crippen LogP contribution in [-0.2, 0) is 11.4 Å². The number of hydrogen-bond donors (Lipinski definition) is 1.